The Bertz CT molecular complexity index is 401. The number of hydrogen-bond acceptors (Lipinski definition) is 3. The molecule has 5 heteroatoms. The molecule has 2 rings (SSSR count). The highest BCUT2D eigenvalue weighted by Crippen LogP contribution is 2.19. The Morgan fingerprint density at radius 3 is 2.75 bits per heavy atom. The Hall–Kier alpha value is -0.420. The number of nitrogens with zero attached hydrogens (tertiary/aromatic N) is 1. The fourth-order valence-electron chi connectivity index (χ4n) is 1.77. The van der Waals surface area contributed by atoms with Gasteiger partial charge in [-0.15, -0.1) is 0 Å². The van der Waals surface area contributed by atoms with E-state index in [4.69, 9.17) is 0 Å². The predicted octanol–water partition coefficient (Wildman–Crippen LogP) is 2.48. The Morgan fingerprint density at radius 1 is 1.44 bits per heavy atom. The van der Waals surface area contributed by atoms with Crippen LogP contribution in [-0.4, -0.2) is 26.7 Å². The summed E-state index contributed by atoms with van der Waals surface area (Å²) in [7, 11) is -0.595. The molecule has 1 aliphatic heterocycles. The summed E-state index contributed by atoms with van der Waals surface area (Å²) < 4.78 is 12.3. The Morgan fingerprint density at radius 2 is 2.12 bits per heavy atom. The van der Waals surface area contributed by atoms with Gasteiger partial charge >= 0.3 is 0 Å². The van der Waals surface area contributed by atoms with E-state index < -0.39 is 10.8 Å². The summed E-state index contributed by atoms with van der Waals surface area (Å²) >= 11 is 3.43. The van der Waals surface area contributed by atoms with Crippen molar-refractivity contribution in [2.24, 2.45) is 0 Å². The van der Waals surface area contributed by atoms with Gasteiger partial charge in [-0.25, -0.2) is 4.98 Å². The van der Waals surface area contributed by atoms with Crippen LogP contribution in [-0.2, 0) is 10.8 Å². The lowest BCUT2D eigenvalue weighted by Gasteiger charge is -2.23. The molecule has 0 bridgehead atoms. The molecule has 2 heterocycles. The van der Waals surface area contributed by atoms with Crippen LogP contribution in [0.4, 0.5) is 5.82 Å². The number of rotatable bonds is 2. The first-order valence-corrected chi connectivity index (χ1v) is 7.68. The monoisotopic (exact) mass is 302 g/mol. The number of aryl methyl sites for hydroxylation is 1. The molecule has 0 amide bonds. The van der Waals surface area contributed by atoms with Crippen molar-refractivity contribution in [3.05, 3.63) is 22.3 Å². The molecule has 0 atom stereocenters. The van der Waals surface area contributed by atoms with Crippen LogP contribution < -0.4 is 5.32 Å². The number of nitrogens with one attached hydrogen (secondary N) is 1. The molecule has 1 N–H and O–H groups in total. The average molecular weight is 303 g/mol. The summed E-state index contributed by atoms with van der Waals surface area (Å²) in [5.41, 5.74) is 0.990. The zero-order valence-corrected chi connectivity index (χ0v) is 11.6. The zero-order chi connectivity index (χ0) is 11.5. The van der Waals surface area contributed by atoms with Crippen LogP contribution in [0.3, 0.4) is 0 Å². The second-order valence-corrected chi connectivity index (χ2v) is 6.58. The van der Waals surface area contributed by atoms with E-state index in [9.17, 15) is 4.21 Å². The third-order valence-electron chi connectivity index (χ3n) is 2.76. The van der Waals surface area contributed by atoms with Gasteiger partial charge in [0.15, 0.2) is 0 Å². The molecule has 0 radical (unpaired) electrons. The molecule has 0 aromatic carbocycles. The number of halogens is 1. The van der Waals surface area contributed by atoms with Gasteiger partial charge in [-0.05, 0) is 47.8 Å². The number of hydrogen-bond donors (Lipinski definition) is 1. The highest BCUT2D eigenvalue weighted by Gasteiger charge is 2.17. The molecule has 0 aliphatic carbocycles. The maximum Gasteiger partial charge on any atom is 0.126 e. The van der Waals surface area contributed by atoms with Crippen molar-refractivity contribution in [1.29, 1.82) is 0 Å². The van der Waals surface area contributed by atoms with Crippen molar-refractivity contribution >= 4 is 32.5 Å². The van der Waals surface area contributed by atoms with E-state index in [0.717, 1.165) is 40.3 Å². The molecule has 3 nitrogen and oxygen atoms in total. The number of anilines is 1. The van der Waals surface area contributed by atoms with Gasteiger partial charge in [-0.2, -0.15) is 0 Å². The summed E-state index contributed by atoms with van der Waals surface area (Å²) in [6.45, 7) is 1.98. The van der Waals surface area contributed by atoms with E-state index in [0.29, 0.717) is 6.04 Å². The molecule has 1 aromatic rings. The van der Waals surface area contributed by atoms with Gasteiger partial charge in [0.05, 0.1) is 5.69 Å². The van der Waals surface area contributed by atoms with E-state index in [1.165, 1.54) is 0 Å². The molecule has 1 fully saturated rings. The van der Waals surface area contributed by atoms with E-state index in [2.05, 4.69) is 26.2 Å². The molecular weight excluding hydrogens is 288 g/mol. The Labute approximate surface area is 107 Å². The number of pyridine rings is 1. The van der Waals surface area contributed by atoms with Crippen LogP contribution in [0.25, 0.3) is 0 Å². The molecule has 1 aromatic heterocycles. The second kappa shape index (κ2) is 5.27. The van der Waals surface area contributed by atoms with E-state index in [1.807, 2.05) is 19.1 Å². The Kier molecular flexibility index (Phi) is 3.97. The van der Waals surface area contributed by atoms with Crippen molar-refractivity contribution in [2.75, 3.05) is 16.8 Å². The molecule has 0 saturated carbocycles. The van der Waals surface area contributed by atoms with Gasteiger partial charge in [-0.3, -0.25) is 4.21 Å². The van der Waals surface area contributed by atoms with Crippen LogP contribution in [0, 0.1) is 6.92 Å². The van der Waals surface area contributed by atoms with Gasteiger partial charge in [0.2, 0.25) is 0 Å². The smallest absolute Gasteiger partial charge is 0.126 e. The lowest BCUT2D eigenvalue weighted by atomic mass is 10.1. The van der Waals surface area contributed by atoms with Gasteiger partial charge < -0.3 is 5.32 Å². The van der Waals surface area contributed by atoms with Gasteiger partial charge in [0, 0.05) is 32.8 Å². The van der Waals surface area contributed by atoms with E-state index in [-0.39, 0.29) is 0 Å². The van der Waals surface area contributed by atoms with Crippen LogP contribution >= 0.6 is 15.9 Å². The standard InChI is InChI=1S/C11H15BrN2OS/c1-8-10(12)2-3-11(13-8)14-9-4-6-16(15)7-5-9/h2-3,9H,4-7H2,1H3,(H,13,14). The SMILES string of the molecule is Cc1nc(NC2CCS(=O)CC2)ccc1Br. The molecule has 0 unspecified atom stereocenters. The first-order valence-electron chi connectivity index (χ1n) is 5.40. The minimum absolute atomic E-state index is 0.422. The molecular formula is C11H15BrN2OS. The van der Waals surface area contributed by atoms with Crippen LogP contribution in [0.15, 0.2) is 16.6 Å². The van der Waals surface area contributed by atoms with E-state index >= 15 is 0 Å². The maximum absolute atomic E-state index is 11.2. The molecule has 0 spiro atoms. The zero-order valence-electron chi connectivity index (χ0n) is 9.20. The second-order valence-electron chi connectivity index (χ2n) is 4.03. The first kappa shape index (κ1) is 12.0. The summed E-state index contributed by atoms with van der Waals surface area (Å²) in [4.78, 5) is 4.45. The Balaban J connectivity index is 1.98. The molecule has 1 aliphatic rings. The third kappa shape index (κ3) is 3.04. The minimum atomic E-state index is -0.595. The van der Waals surface area contributed by atoms with Gasteiger partial charge in [-0.1, -0.05) is 0 Å². The van der Waals surface area contributed by atoms with Crippen molar-refractivity contribution in [1.82, 2.24) is 4.98 Å². The van der Waals surface area contributed by atoms with Crippen molar-refractivity contribution in [3.63, 3.8) is 0 Å². The fraction of sp³-hybridized carbons (Fsp3) is 0.545. The highest BCUT2D eigenvalue weighted by molar-refractivity contribution is 9.10. The minimum Gasteiger partial charge on any atom is -0.367 e. The first-order chi connectivity index (χ1) is 7.65. The lowest BCUT2D eigenvalue weighted by molar-refractivity contribution is 0.622. The van der Waals surface area contributed by atoms with Crippen LogP contribution in [0.5, 0.6) is 0 Å². The summed E-state index contributed by atoms with van der Waals surface area (Å²) in [6.07, 6.45) is 1.95. The normalized spacial score (nSPS) is 25.4. The maximum atomic E-state index is 11.2. The summed E-state index contributed by atoms with van der Waals surface area (Å²) in [6, 6.07) is 4.40. The topological polar surface area (TPSA) is 42.0 Å². The van der Waals surface area contributed by atoms with Crippen molar-refractivity contribution in [3.8, 4) is 0 Å². The summed E-state index contributed by atoms with van der Waals surface area (Å²) in [5, 5.41) is 3.40. The average Bonchev–Trinajstić information content (AvgIpc) is 2.27. The van der Waals surface area contributed by atoms with Gasteiger partial charge in [0.1, 0.15) is 5.82 Å². The van der Waals surface area contributed by atoms with Crippen molar-refractivity contribution < 1.29 is 4.21 Å². The lowest BCUT2D eigenvalue weighted by Crippen LogP contribution is -2.29. The molecule has 88 valence electrons. The van der Waals surface area contributed by atoms with Crippen LogP contribution in [0.2, 0.25) is 0 Å². The third-order valence-corrected chi connectivity index (χ3v) is 4.98. The van der Waals surface area contributed by atoms with E-state index in [1.54, 1.807) is 0 Å². The molecule has 16 heavy (non-hydrogen) atoms. The molecule has 1 saturated heterocycles. The fourth-order valence-corrected chi connectivity index (χ4v) is 3.29. The van der Waals surface area contributed by atoms with Crippen molar-refractivity contribution in [2.45, 2.75) is 25.8 Å². The van der Waals surface area contributed by atoms with Crippen LogP contribution in [0.1, 0.15) is 18.5 Å². The quantitative estimate of drug-likeness (QED) is 0.912. The predicted molar refractivity (Wildman–Crippen MR) is 71.2 cm³/mol. The number of aromatic nitrogens is 1. The highest BCUT2D eigenvalue weighted by atomic mass is 79.9. The summed E-state index contributed by atoms with van der Waals surface area (Å²) in [5.74, 6) is 2.54. The largest absolute Gasteiger partial charge is 0.367 e. The van der Waals surface area contributed by atoms with Gasteiger partial charge in [0.25, 0.3) is 0 Å².